The third-order valence-corrected chi connectivity index (χ3v) is 5.60. The number of thiophene rings is 1. The van der Waals surface area contributed by atoms with Crippen molar-refractivity contribution >= 4 is 39.8 Å². The molecule has 0 radical (unpaired) electrons. The maximum Gasteiger partial charge on any atom is 0.250 e. The highest BCUT2D eigenvalue weighted by Crippen LogP contribution is 2.20. The Balaban J connectivity index is 1.52. The monoisotopic (exact) mass is 377 g/mol. The number of carbonyl (C=O) groups excluding carboxylic acids is 1. The summed E-state index contributed by atoms with van der Waals surface area (Å²) in [4.78, 5) is 21.2. The minimum absolute atomic E-state index is 0.152. The van der Waals surface area contributed by atoms with Crippen molar-refractivity contribution in [1.29, 1.82) is 0 Å². The van der Waals surface area contributed by atoms with Crippen LogP contribution in [-0.2, 0) is 16.1 Å². The van der Waals surface area contributed by atoms with Crippen molar-refractivity contribution in [2.24, 2.45) is 0 Å². The molecule has 1 aliphatic heterocycles. The topological polar surface area (TPSA) is 54.5 Å². The summed E-state index contributed by atoms with van der Waals surface area (Å²) >= 11 is 3.13. The summed E-state index contributed by atoms with van der Waals surface area (Å²) in [6.07, 6.45) is 3.87. The molecule has 1 fully saturated rings. The van der Waals surface area contributed by atoms with E-state index in [1.165, 1.54) is 16.2 Å². The van der Waals surface area contributed by atoms with Gasteiger partial charge in [0.1, 0.15) is 0 Å². The van der Waals surface area contributed by atoms with E-state index in [2.05, 4.69) is 36.0 Å². The van der Waals surface area contributed by atoms with Crippen LogP contribution in [0.5, 0.6) is 0 Å². The van der Waals surface area contributed by atoms with Crippen molar-refractivity contribution in [3.8, 4) is 0 Å². The molecule has 134 valence electrons. The zero-order chi connectivity index (χ0) is 17.8. The zero-order valence-electron chi connectivity index (χ0n) is 14.7. The number of ether oxygens (including phenoxy) is 1. The number of thiazole rings is 1. The summed E-state index contributed by atoms with van der Waals surface area (Å²) in [6, 6.07) is 4.05. The Morgan fingerprint density at radius 2 is 2.16 bits per heavy atom. The van der Waals surface area contributed by atoms with E-state index in [1.807, 2.05) is 23.6 Å². The molecule has 1 amide bonds. The first-order chi connectivity index (χ1) is 12.0. The van der Waals surface area contributed by atoms with Crippen LogP contribution in [0.3, 0.4) is 0 Å². The van der Waals surface area contributed by atoms with Crippen LogP contribution in [-0.4, -0.2) is 41.1 Å². The number of aryl methyl sites for hydroxylation is 1. The first kappa shape index (κ1) is 18.3. The summed E-state index contributed by atoms with van der Waals surface area (Å²) in [7, 11) is 0. The Bertz CT molecular complexity index is 743. The van der Waals surface area contributed by atoms with Gasteiger partial charge in [-0.2, -0.15) is 0 Å². The minimum Gasteiger partial charge on any atom is -0.373 e. The third kappa shape index (κ3) is 5.47. The molecule has 1 N–H and O–H groups in total. The number of nitrogens with zero attached hydrogens (tertiary/aromatic N) is 2. The van der Waals surface area contributed by atoms with Crippen molar-refractivity contribution < 1.29 is 9.53 Å². The molecule has 1 aliphatic rings. The van der Waals surface area contributed by atoms with Crippen molar-refractivity contribution in [2.45, 2.75) is 39.5 Å². The second-order valence-corrected chi connectivity index (χ2v) is 8.54. The van der Waals surface area contributed by atoms with Crippen molar-refractivity contribution in [1.82, 2.24) is 9.88 Å². The van der Waals surface area contributed by atoms with E-state index in [0.29, 0.717) is 5.13 Å². The molecule has 2 atom stereocenters. The Morgan fingerprint density at radius 1 is 1.40 bits per heavy atom. The summed E-state index contributed by atoms with van der Waals surface area (Å²) in [5, 5.41) is 5.48. The Hall–Kier alpha value is -1.54. The molecule has 3 rings (SSSR count). The lowest BCUT2D eigenvalue weighted by molar-refractivity contribution is -0.111. The van der Waals surface area contributed by atoms with Crippen LogP contribution in [0.2, 0.25) is 0 Å². The molecule has 0 aliphatic carbocycles. The molecule has 0 saturated carbocycles. The minimum atomic E-state index is -0.152. The van der Waals surface area contributed by atoms with Gasteiger partial charge in [0.25, 0.3) is 0 Å². The van der Waals surface area contributed by atoms with E-state index < -0.39 is 0 Å². The molecule has 25 heavy (non-hydrogen) atoms. The molecule has 7 heteroatoms. The molecule has 2 unspecified atom stereocenters. The average molecular weight is 378 g/mol. The fourth-order valence-corrected chi connectivity index (χ4v) is 4.41. The molecule has 2 aromatic rings. The maximum absolute atomic E-state index is 12.0. The van der Waals surface area contributed by atoms with Crippen LogP contribution in [0.15, 0.2) is 23.6 Å². The van der Waals surface area contributed by atoms with Gasteiger partial charge in [0.15, 0.2) is 5.13 Å². The van der Waals surface area contributed by atoms with Crippen molar-refractivity contribution in [3.05, 3.63) is 39.0 Å². The van der Waals surface area contributed by atoms with Gasteiger partial charge in [-0.25, -0.2) is 4.98 Å². The molecular formula is C18H23N3O2S2. The summed E-state index contributed by atoms with van der Waals surface area (Å²) in [6.45, 7) is 8.84. The van der Waals surface area contributed by atoms with Gasteiger partial charge >= 0.3 is 0 Å². The van der Waals surface area contributed by atoms with E-state index >= 15 is 0 Å². The van der Waals surface area contributed by atoms with Crippen LogP contribution in [0, 0.1) is 6.92 Å². The van der Waals surface area contributed by atoms with E-state index in [0.717, 1.165) is 30.2 Å². The first-order valence-electron chi connectivity index (χ1n) is 8.35. The predicted octanol–water partition coefficient (Wildman–Crippen LogP) is 3.77. The number of aromatic nitrogens is 1. The highest BCUT2D eigenvalue weighted by Gasteiger charge is 2.22. The van der Waals surface area contributed by atoms with Gasteiger partial charge in [-0.05, 0) is 39.0 Å². The summed E-state index contributed by atoms with van der Waals surface area (Å²) in [5.41, 5.74) is 0.986. The zero-order valence-corrected chi connectivity index (χ0v) is 16.3. The average Bonchev–Trinajstić information content (AvgIpc) is 3.13. The van der Waals surface area contributed by atoms with E-state index in [4.69, 9.17) is 4.74 Å². The Kier molecular flexibility index (Phi) is 6.01. The maximum atomic E-state index is 12.0. The van der Waals surface area contributed by atoms with Gasteiger partial charge in [0.05, 0.1) is 17.9 Å². The largest absolute Gasteiger partial charge is 0.373 e. The van der Waals surface area contributed by atoms with E-state index in [9.17, 15) is 4.79 Å². The van der Waals surface area contributed by atoms with Gasteiger partial charge in [0.2, 0.25) is 5.91 Å². The predicted molar refractivity (Wildman–Crippen MR) is 104 cm³/mol. The smallest absolute Gasteiger partial charge is 0.250 e. The number of morpholine rings is 1. The van der Waals surface area contributed by atoms with Crippen molar-refractivity contribution in [2.75, 3.05) is 18.4 Å². The SMILES string of the molecule is Cc1ccc(/C=C/C(=O)Nc2nc(CN3CC(C)OC(C)C3)cs2)s1. The second kappa shape index (κ2) is 8.23. The number of carbonyl (C=O) groups is 1. The van der Waals surface area contributed by atoms with Crippen LogP contribution >= 0.6 is 22.7 Å². The number of nitrogens with one attached hydrogen (secondary N) is 1. The van der Waals surface area contributed by atoms with Crippen LogP contribution in [0.25, 0.3) is 6.08 Å². The fraction of sp³-hybridized carbons (Fsp3) is 0.444. The second-order valence-electron chi connectivity index (χ2n) is 6.37. The molecule has 0 aromatic carbocycles. The van der Waals surface area contributed by atoms with Gasteiger partial charge < -0.3 is 4.74 Å². The van der Waals surface area contributed by atoms with Gasteiger partial charge in [-0.15, -0.1) is 22.7 Å². The molecule has 2 aromatic heterocycles. The highest BCUT2D eigenvalue weighted by atomic mass is 32.1. The first-order valence-corrected chi connectivity index (χ1v) is 10.1. The number of hydrogen-bond acceptors (Lipinski definition) is 6. The number of amides is 1. The van der Waals surface area contributed by atoms with Crippen molar-refractivity contribution in [3.63, 3.8) is 0 Å². The molecule has 1 saturated heterocycles. The van der Waals surface area contributed by atoms with Gasteiger partial charge in [0, 0.05) is 40.8 Å². The number of anilines is 1. The molecule has 3 heterocycles. The van der Waals surface area contributed by atoms with Crippen LogP contribution in [0.4, 0.5) is 5.13 Å². The highest BCUT2D eigenvalue weighted by molar-refractivity contribution is 7.14. The molecule has 0 spiro atoms. The summed E-state index contributed by atoms with van der Waals surface area (Å²) in [5.74, 6) is -0.152. The molecule has 5 nitrogen and oxygen atoms in total. The normalized spacial score (nSPS) is 21.7. The summed E-state index contributed by atoms with van der Waals surface area (Å²) < 4.78 is 5.75. The lowest BCUT2D eigenvalue weighted by Gasteiger charge is -2.34. The lowest BCUT2D eigenvalue weighted by atomic mass is 10.2. The van der Waals surface area contributed by atoms with Crippen LogP contribution in [0.1, 0.15) is 29.3 Å². The standard InChI is InChI=1S/C18H23N3O2S2/c1-12-8-21(9-13(2)23-12)10-15-11-24-18(19-15)20-17(22)7-6-16-5-4-14(3)25-16/h4-7,11-13H,8-10H2,1-3H3,(H,19,20,22)/b7-6+. The Labute approximate surface area is 156 Å². The lowest BCUT2D eigenvalue weighted by Crippen LogP contribution is -2.44. The van der Waals surface area contributed by atoms with E-state index in [1.54, 1.807) is 17.4 Å². The number of rotatable bonds is 5. The third-order valence-electron chi connectivity index (χ3n) is 3.82. The quantitative estimate of drug-likeness (QED) is 0.806. The van der Waals surface area contributed by atoms with Crippen LogP contribution < -0.4 is 5.32 Å². The number of hydrogen-bond donors (Lipinski definition) is 1. The van der Waals surface area contributed by atoms with Gasteiger partial charge in [-0.3, -0.25) is 15.0 Å². The molecule has 0 bridgehead atoms. The Morgan fingerprint density at radius 3 is 2.84 bits per heavy atom. The van der Waals surface area contributed by atoms with Gasteiger partial charge in [-0.1, -0.05) is 0 Å². The van der Waals surface area contributed by atoms with E-state index in [-0.39, 0.29) is 18.1 Å². The molecular weight excluding hydrogens is 354 g/mol. The fourth-order valence-electron chi connectivity index (χ4n) is 2.93.